The quantitative estimate of drug-likeness (QED) is 0.807. The molecular formula is C18H25NO5S. The van der Waals surface area contributed by atoms with Crippen LogP contribution in [0.2, 0.25) is 0 Å². The maximum absolute atomic E-state index is 12.2. The molecule has 0 bridgehead atoms. The van der Waals surface area contributed by atoms with Gasteiger partial charge in [-0.05, 0) is 49.9 Å². The number of hydrogen-bond donors (Lipinski definition) is 1. The Kier molecular flexibility index (Phi) is 6.21. The average molecular weight is 367 g/mol. The number of carbonyl (C=O) groups is 2. The lowest BCUT2D eigenvalue weighted by Gasteiger charge is -2.30. The Morgan fingerprint density at radius 1 is 1.16 bits per heavy atom. The molecule has 1 fully saturated rings. The van der Waals surface area contributed by atoms with Crippen molar-refractivity contribution in [2.75, 3.05) is 6.26 Å². The summed E-state index contributed by atoms with van der Waals surface area (Å²) in [6.07, 6.45) is 4.50. The van der Waals surface area contributed by atoms with Crippen molar-refractivity contribution in [2.24, 2.45) is 5.92 Å². The minimum atomic E-state index is -3.32. The number of esters is 1. The largest absolute Gasteiger partial charge is 0.449 e. The lowest BCUT2D eigenvalue weighted by atomic mass is 9.86. The molecule has 3 atom stereocenters. The highest BCUT2D eigenvalue weighted by atomic mass is 32.2. The second-order valence-corrected chi connectivity index (χ2v) is 8.74. The van der Waals surface area contributed by atoms with E-state index in [0.717, 1.165) is 25.5 Å². The minimum Gasteiger partial charge on any atom is -0.449 e. The molecule has 2 rings (SSSR count). The molecule has 0 aliphatic heterocycles. The molecule has 6 nitrogen and oxygen atoms in total. The molecule has 0 aromatic heterocycles. The van der Waals surface area contributed by atoms with Gasteiger partial charge in [0.05, 0.1) is 10.5 Å². The second kappa shape index (κ2) is 7.99. The molecule has 0 heterocycles. The van der Waals surface area contributed by atoms with Gasteiger partial charge in [0.2, 0.25) is 0 Å². The van der Waals surface area contributed by atoms with E-state index in [4.69, 9.17) is 4.74 Å². The molecule has 1 aliphatic carbocycles. The highest BCUT2D eigenvalue weighted by molar-refractivity contribution is 7.90. The summed E-state index contributed by atoms with van der Waals surface area (Å²) in [6, 6.07) is 5.58. The van der Waals surface area contributed by atoms with Crippen LogP contribution in [0.5, 0.6) is 0 Å². The van der Waals surface area contributed by atoms with Gasteiger partial charge in [0.25, 0.3) is 5.91 Å². The maximum atomic E-state index is 12.2. The zero-order valence-corrected chi connectivity index (χ0v) is 15.6. The predicted molar refractivity (Wildman–Crippen MR) is 94.0 cm³/mol. The van der Waals surface area contributed by atoms with Crippen LogP contribution in [0, 0.1) is 5.92 Å². The van der Waals surface area contributed by atoms with Gasteiger partial charge in [0.1, 0.15) is 0 Å². The monoisotopic (exact) mass is 367 g/mol. The van der Waals surface area contributed by atoms with E-state index in [-0.39, 0.29) is 22.4 Å². The maximum Gasteiger partial charge on any atom is 0.338 e. The van der Waals surface area contributed by atoms with Crippen molar-refractivity contribution < 1.29 is 22.7 Å². The molecule has 25 heavy (non-hydrogen) atoms. The Bertz CT molecular complexity index is 726. The first-order chi connectivity index (χ1) is 11.7. The van der Waals surface area contributed by atoms with Crippen molar-refractivity contribution in [1.82, 2.24) is 5.32 Å². The summed E-state index contributed by atoms with van der Waals surface area (Å²) in [7, 11) is -3.32. The molecule has 1 aliphatic rings. The topological polar surface area (TPSA) is 89.5 Å². The lowest BCUT2D eigenvalue weighted by molar-refractivity contribution is -0.130. The van der Waals surface area contributed by atoms with Gasteiger partial charge in [-0.25, -0.2) is 13.2 Å². The van der Waals surface area contributed by atoms with Crippen LogP contribution in [0.4, 0.5) is 0 Å². The number of ether oxygens (including phenoxy) is 1. The highest BCUT2D eigenvalue weighted by Crippen LogP contribution is 2.23. The first-order valence-electron chi connectivity index (χ1n) is 8.50. The Hall–Kier alpha value is -1.89. The summed E-state index contributed by atoms with van der Waals surface area (Å²) < 4.78 is 28.1. The molecule has 1 saturated carbocycles. The van der Waals surface area contributed by atoms with E-state index in [2.05, 4.69) is 12.2 Å². The summed E-state index contributed by atoms with van der Waals surface area (Å²) >= 11 is 0. The standard InChI is InChI=1S/C18H25NO5S/c1-12-6-4-5-7-16(12)19-17(20)13(2)24-18(21)14-8-10-15(11-9-14)25(3,22)23/h8-13,16H,4-7H2,1-3H3,(H,19,20)/t12-,13-,16-/m1/s1. The molecule has 138 valence electrons. The van der Waals surface area contributed by atoms with E-state index in [9.17, 15) is 18.0 Å². The average Bonchev–Trinajstić information content (AvgIpc) is 2.56. The Labute approximate surface area is 148 Å². The van der Waals surface area contributed by atoms with Crippen LogP contribution in [0.25, 0.3) is 0 Å². The number of carbonyl (C=O) groups excluding carboxylic acids is 2. The minimum absolute atomic E-state index is 0.122. The van der Waals surface area contributed by atoms with Crippen molar-refractivity contribution in [2.45, 2.75) is 56.6 Å². The lowest BCUT2D eigenvalue weighted by Crippen LogP contribution is -2.45. The molecule has 0 spiro atoms. The normalized spacial score (nSPS) is 22.0. The van der Waals surface area contributed by atoms with Crippen LogP contribution in [-0.2, 0) is 19.4 Å². The van der Waals surface area contributed by atoms with Gasteiger partial charge in [-0.2, -0.15) is 0 Å². The van der Waals surface area contributed by atoms with Gasteiger partial charge >= 0.3 is 5.97 Å². The summed E-state index contributed by atoms with van der Waals surface area (Å²) in [4.78, 5) is 24.5. The third-order valence-corrected chi connectivity index (χ3v) is 5.74. The molecule has 7 heteroatoms. The summed E-state index contributed by atoms with van der Waals surface area (Å²) in [5.41, 5.74) is 0.207. The van der Waals surface area contributed by atoms with Crippen molar-refractivity contribution in [3.05, 3.63) is 29.8 Å². The van der Waals surface area contributed by atoms with Crippen LogP contribution in [-0.4, -0.2) is 38.7 Å². The first-order valence-corrected chi connectivity index (χ1v) is 10.4. The fourth-order valence-corrected chi connectivity index (χ4v) is 3.58. The second-order valence-electron chi connectivity index (χ2n) is 6.72. The van der Waals surface area contributed by atoms with Gasteiger partial charge in [-0.3, -0.25) is 4.79 Å². The van der Waals surface area contributed by atoms with Gasteiger partial charge in [0, 0.05) is 12.3 Å². The van der Waals surface area contributed by atoms with E-state index in [1.165, 1.54) is 37.6 Å². The van der Waals surface area contributed by atoms with E-state index in [1.54, 1.807) is 0 Å². The van der Waals surface area contributed by atoms with Crippen LogP contribution in [0.3, 0.4) is 0 Å². The zero-order chi connectivity index (χ0) is 18.6. The third kappa shape index (κ3) is 5.29. The number of benzene rings is 1. The predicted octanol–water partition coefficient (Wildman–Crippen LogP) is 2.33. The highest BCUT2D eigenvalue weighted by Gasteiger charge is 2.26. The van der Waals surface area contributed by atoms with Gasteiger partial charge < -0.3 is 10.1 Å². The van der Waals surface area contributed by atoms with Crippen LogP contribution in [0.15, 0.2) is 29.2 Å². The first kappa shape index (κ1) is 19.4. The molecule has 1 aromatic rings. The third-order valence-electron chi connectivity index (χ3n) is 4.61. The molecule has 1 aromatic carbocycles. The van der Waals surface area contributed by atoms with E-state index in [1.807, 2.05) is 0 Å². The van der Waals surface area contributed by atoms with Crippen LogP contribution >= 0.6 is 0 Å². The Morgan fingerprint density at radius 3 is 2.32 bits per heavy atom. The number of sulfone groups is 1. The number of amides is 1. The Balaban J connectivity index is 1.93. The number of nitrogens with one attached hydrogen (secondary N) is 1. The SMILES string of the molecule is C[C@@H]1CCCC[C@H]1NC(=O)[C@@H](C)OC(=O)c1ccc(S(C)(=O)=O)cc1. The van der Waals surface area contributed by atoms with E-state index in [0.29, 0.717) is 5.92 Å². The van der Waals surface area contributed by atoms with Gasteiger partial charge in [-0.1, -0.05) is 19.8 Å². The number of rotatable bonds is 5. The molecule has 0 unspecified atom stereocenters. The van der Waals surface area contributed by atoms with Crippen molar-refractivity contribution in [3.8, 4) is 0 Å². The smallest absolute Gasteiger partial charge is 0.338 e. The van der Waals surface area contributed by atoms with E-state index < -0.39 is 21.9 Å². The van der Waals surface area contributed by atoms with Crippen LogP contribution < -0.4 is 5.32 Å². The fraction of sp³-hybridized carbons (Fsp3) is 0.556. The van der Waals surface area contributed by atoms with Crippen molar-refractivity contribution in [1.29, 1.82) is 0 Å². The number of hydrogen-bond acceptors (Lipinski definition) is 5. The zero-order valence-electron chi connectivity index (χ0n) is 14.8. The Morgan fingerprint density at radius 2 is 1.76 bits per heavy atom. The van der Waals surface area contributed by atoms with E-state index >= 15 is 0 Å². The van der Waals surface area contributed by atoms with Crippen LogP contribution in [0.1, 0.15) is 49.9 Å². The molecule has 1 amide bonds. The molecule has 0 saturated heterocycles. The fourth-order valence-electron chi connectivity index (χ4n) is 2.95. The summed E-state index contributed by atoms with van der Waals surface area (Å²) in [6.45, 7) is 3.65. The molecule has 1 N–H and O–H groups in total. The summed E-state index contributed by atoms with van der Waals surface area (Å²) in [5, 5.41) is 2.96. The van der Waals surface area contributed by atoms with Gasteiger partial charge in [-0.15, -0.1) is 0 Å². The van der Waals surface area contributed by atoms with Crippen molar-refractivity contribution in [3.63, 3.8) is 0 Å². The molecule has 0 radical (unpaired) electrons. The van der Waals surface area contributed by atoms with Gasteiger partial charge in [0.15, 0.2) is 15.9 Å². The van der Waals surface area contributed by atoms with Crippen molar-refractivity contribution >= 4 is 21.7 Å². The molecular weight excluding hydrogens is 342 g/mol. The summed E-state index contributed by atoms with van der Waals surface area (Å²) in [5.74, 6) is -0.539.